The summed E-state index contributed by atoms with van der Waals surface area (Å²) in [5.41, 5.74) is 7.90. The fourth-order valence-corrected chi connectivity index (χ4v) is 1.54. The number of aromatic nitrogens is 1. The molecule has 4 heteroatoms. The van der Waals surface area contributed by atoms with Crippen LogP contribution in [-0.2, 0) is 0 Å². The Morgan fingerprint density at radius 3 is 2.50 bits per heavy atom. The van der Waals surface area contributed by atoms with Crippen molar-refractivity contribution >= 4 is 17.1 Å². The summed E-state index contributed by atoms with van der Waals surface area (Å²) in [6.07, 6.45) is 3.40. The molecule has 0 aliphatic rings. The molecule has 0 amide bonds. The van der Waals surface area contributed by atoms with Crippen molar-refractivity contribution in [2.75, 3.05) is 17.7 Å². The average molecular weight is 217 g/mol. The summed E-state index contributed by atoms with van der Waals surface area (Å²) >= 11 is 0. The van der Waals surface area contributed by atoms with Gasteiger partial charge in [0.25, 0.3) is 0 Å². The van der Waals surface area contributed by atoms with Crippen molar-refractivity contribution in [2.24, 2.45) is 0 Å². The minimum absolute atomic E-state index is 0.329. The molecular formula is C12H12FN3. The molecule has 1 aromatic carbocycles. The van der Waals surface area contributed by atoms with E-state index < -0.39 is 0 Å². The first-order valence-corrected chi connectivity index (χ1v) is 4.87. The van der Waals surface area contributed by atoms with Crippen LogP contribution in [0.25, 0.3) is 0 Å². The predicted octanol–water partition coefficient (Wildman–Crippen LogP) is 2.57. The smallest absolute Gasteiger partial charge is 0.125 e. The summed E-state index contributed by atoms with van der Waals surface area (Å²) in [5.74, 6) is -0.329. The molecule has 2 rings (SSSR count). The summed E-state index contributed by atoms with van der Waals surface area (Å²) < 4.78 is 12.9. The van der Waals surface area contributed by atoms with Gasteiger partial charge in [0, 0.05) is 25.1 Å². The molecule has 0 saturated carbocycles. The van der Waals surface area contributed by atoms with E-state index >= 15 is 0 Å². The molecule has 0 spiro atoms. The molecule has 0 atom stereocenters. The molecule has 16 heavy (non-hydrogen) atoms. The Labute approximate surface area is 93.3 Å². The van der Waals surface area contributed by atoms with Crippen molar-refractivity contribution in [3.8, 4) is 0 Å². The molecule has 2 N–H and O–H groups in total. The maximum Gasteiger partial charge on any atom is 0.125 e. The van der Waals surface area contributed by atoms with E-state index in [4.69, 9.17) is 5.73 Å². The lowest BCUT2D eigenvalue weighted by Gasteiger charge is -2.20. The Morgan fingerprint density at radius 2 is 1.88 bits per heavy atom. The zero-order valence-corrected chi connectivity index (χ0v) is 8.89. The summed E-state index contributed by atoms with van der Waals surface area (Å²) in [5, 5.41) is 0. The van der Waals surface area contributed by atoms with Crippen molar-refractivity contribution in [3.05, 3.63) is 48.5 Å². The number of nitrogens with zero attached hydrogens (tertiary/aromatic N) is 2. The Kier molecular flexibility index (Phi) is 2.72. The van der Waals surface area contributed by atoms with E-state index in [-0.39, 0.29) is 5.82 Å². The molecule has 0 aliphatic heterocycles. The van der Waals surface area contributed by atoms with Crippen LogP contribution in [0.2, 0.25) is 0 Å². The predicted molar refractivity (Wildman–Crippen MR) is 63.1 cm³/mol. The number of hydrogen-bond donors (Lipinski definition) is 1. The highest BCUT2D eigenvalue weighted by Gasteiger charge is 2.07. The number of nitrogens with two attached hydrogens (primary N) is 1. The third kappa shape index (κ3) is 1.95. The molecule has 2 aromatic rings. The summed E-state index contributed by atoms with van der Waals surface area (Å²) in [6.45, 7) is 0. The van der Waals surface area contributed by atoms with Gasteiger partial charge in [0.1, 0.15) is 5.82 Å². The van der Waals surface area contributed by atoms with Crippen molar-refractivity contribution in [3.63, 3.8) is 0 Å². The highest BCUT2D eigenvalue weighted by atomic mass is 19.1. The van der Waals surface area contributed by atoms with Crippen molar-refractivity contribution in [1.29, 1.82) is 0 Å². The van der Waals surface area contributed by atoms with Gasteiger partial charge in [-0.3, -0.25) is 4.98 Å². The SMILES string of the molecule is CN(c1ccncc1)c1ccc(F)cc1N. The van der Waals surface area contributed by atoms with Gasteiger partial charge in [-0.25, -0.2) is 4.39 Å². The molecule has 1 heterocycles. The zero-order valence-electron chi connectivity index (χ0n) is 8.89. The first-order chi connectivity index (χ1) is 7.68. The summed E-state index contributed by atoms with van der Waals surface area (Å²) in [4.78, 5) is 5.83. The Hall–Kier alpha value is -2.10. The van der Waals surface area contributed by atoms with Crippen LogP contribution in [0.1, 0.15) is 0 Å². The number of nitrogen functional groups attached to an aromatic ring is 1. The Bertz CT molecular complexity index is 485. The topological polar surface area (TPSA) is 42.2 Å². The van der Waals surface area contributed by atoms with Crippen LogP contribution in [-0.4, -0.2) is 12.0 Å². The normalized spacial score (nSPS) is 10.1. The van der Waals surface area contributed by atoms with E-state index in [9.17, 15) is 4.39 Å². The van der Waals surface area contributed by atoms with Gasteiger partial charge in [-0.2, -0.15) is 0 Å². The van der Waals surface area contributed by atoms with E-state index in [1.54, 1.807) is 18.5 Å². The van der Waals surface area contributed by atoms with Crippen LogP contribution in [0.5, 0.6) is 0 Å². The van der Waals surface area contributed by atoms with Crippen molar-refractivity contribution in [1.82, 2.24) is 4.98 Å². The average Bonchev–Trinajstić information content (AvgIpc) is 2.29. The number of pyridine rings is 1. The zero-order chi connectivity index (χ0) is 11.5. The highest BCUT2D eigenvalue weighted by molar-refractivity contribution is 5.74. The molecule has 1 aromatic heterocycles. The number of hydrogen-bond acceptors (Lipinski definition) is 3. The van der Waals surface area contributed by atoms with Crippen molar-refractivity contribution < 1.29 is 4.39 Å². The van der Waals surface area contributed by atoms with E-state index in [1.807, 2.05) is 24.1 Å². The molecule has 0 saturated heterocycles. The molecule has 82 valence electrons. The largest absolute Gasteiger partial charge is 0.397 e. The maximum atomic E-state index is 12.9. The third-order valence-electron chi connectivity index (χ3n) is 2.40. The lowest BCUT2D eigenvalue weighted by molar-refractivity contribution is 0.628. The van der Waals surface area contributed by atoms with Crippen molar-refractivity contribution in [2.45, 2.75) is 0 Å². The van der Waals surface area contributed by atoms with E-state index in [0.29, 0.717) is 5.69 Å². The van der Waals surface area contributed by atoms with Gasteiger partial charge in [0.2, 0.25) is 0 Å². The number of benzene rings is 1. The second-order valence-electron chi connectivity index (χ2n) is 3.47. The maximum absolute atomic E-state index is 12.9. The third-order valence-corrected chi connectivity index (χ3v) is 2.40. The molecule has 0 aliphatic carbocycles. The quantitative estimate of drug-likeness (QED) is 0.786. The minimum atomic E-state index is -0.329. The van der Waals surface area contributed by atoms with E-state index in [0.717, 1.165) is 11.4 Å². The van der Waals surface area contributed by atoms with Crippen LogP contribution in [0.3, 0.4) is 0 Å². The van der Waals surface area contributed by atoms with Crippen LogP contribution in [0.15, 0.2) is 42.7 Å². The number of anilines is 3. The van der Waals surface area contributed by atoms with Crippen LogP contribution in [0.4, 0.5) is 21.5 Å². The van der Waals surface area contributed by atoms with Crippen LogP contribution < -0.4 is 10.6 Å². The number of halogens is 1. The fourth-order valence-electron chi connectivity index (χ4n) is 1.54. The number of rotatable bonds is 2. The first-order valence-electron chi connectivity index (χ1n) is 4.87. The van der Waals surface area contributed by atoms with Gasteiger partial charge in [-0.15, -0.1) is 0 Å². The second kappa shape index (κ2) is 4.18. The van der Waals surface area contributed by atoms with Gasteiger partial charge < -0.3 is 10.6 Å². The van der Waals surface area contributed by atoms with Gasteiger partial charge in [-0.05, 0) is 30.3 Å². The molecule has 3 nitrogen and oxygen atoms in total. The highest BCUT2D eigenvalue weighted by Crippen LogP contribution is 2.28. The monoisotopic (exact) mass is 217 g/mol. The molecular weight excluding hydrogens is 205 g/mol. The van der Waals surface area contributed by atoms with E-state index in [1.165, 1.54) is 12.1 Å². The molecule has 0 radical (unpaired) electrons. The van der Waals surface area contributed by atoms with Gasteiger partial charge >= 0.3 is 0 Å². The summed E-state index contributed by atoms with van der Waals surface area (Å²) in [7, 11) is 1.87. The first kappa shape index (κ1) is 10.4. The van der Waals surface area contributed by atoms with Gasteiger partial charge in [0.05, 0.1) is 11.4 Å². The fraction of sp³-hybridized carbons (Fsp3) is 0.0833. The van der Waals surface area contributed by atoms with Crippen LogP contribution >= 0.6 is 0 Å². The summed E-state index contributed by atoms with van der Waals surface area (Å²) in [6, 6.07) is 8.09. The minimum Gasteiger partial charge on any atom is -0.397 e. The standard InChI is InChI=1S/C12H12FN3/c1-16(10-4-6-15-7-5-10)12-3-2-9(13)8-11(12)14/h2-8H,14H2,1H3. The Balaban J connectivity index is 2.38. The lowest BCUT2D eigenvalue weighted by atomic mass is 10.2. The molecule has 0 unspecified atom stereocenters. The molecule has 0 bridgehead atoms. The van der Waals surface area contributed by atoms with E-state index in [2.05, 4.69) is 4.98 Å². The van der Waals surface area contributed by atoms with Crippen LogP contribution in [0, 0.1) is 5.82 Å². The lowest BCUT2D eigenvalue weighted by Crippen LogP contribution is -2.11. The van der Waals surface area contributed by atoms with Gasteiger partial charge in [-0.1, -0.05) is 0 Å². The second-order valence-corrected chi connectivity index (χ2v) is 3.47. The Morgan fingerprint density at radius 1 is 1.19 bits per heavy atom. The van der Waals surface area contributed by atoms with Gasteiger partial charge in [0.15, 0.2) is 0 Å². The molecule has 0 fully saturated rings.